The van der Waals surface area contributed by atoms with Crippen LogP contribution in [0, 0.1) is 0 Å². The summed E-state index contributed by atoms with van der Waals surface area (Å²) < 4.78 is 6.36. The van der Waals surface area contributed by atoms with Crippen LogP contribution >= 0.6 is 20.1 Å². The van der Waals surface area contributed by atoms with Crippen molar-refractivity contribution in [2.75, 3.05) is 4.43 Å². The SMILES string of the molecule is C=C/C(=C/N)NI(CC)C1=CC1. The first kappa shape index (κ1) is 9.64. The Bertz CT molecular complexity index is 231. The second-order valence-electron chi connectivity index (χ2n) is 2.40. The molecule has 0 spiro atoms. The molecule has 0 aromatic heterocycles. The summed E-state index contributed by atoms with van der Waals surface area (Å²) >= 11 is -1.05. The van der Waals surface area contributed by atoms with E-state index < -0.39 is 20.1 Å². The van der Waals surface area contributed by atoms with Gasteiger partial charge in [-0.2, -0.15) is 0 Å². The standard InChI is InChI=1S/C9H15IN2/c1-3-9(7-11)12-10(4-2)8-5-6-8/h3,5,7,12H,1,4,6,11H2,2H3/b9-7-. The second kappa shape index (κ2) is 4.54. The average molecular weight is 278 g/mol. The zero-order valence-electron chi connectivity index (χ0n) is 7.31. The fourth-order valence-corrected chi connectivity index (χ4v) is 4.94. The third-order valence-corrected chi connectivity index (χ3v) is 6.89. The molecule has 0 aromatic carbocycles. The third kappa shape index (κ3) is 2.55. The Balaban J connectivity index is 2.46. The summed E-state index contributed by atoms with van der Waals surface area (Å²) in [6.07, 6.45) is 6.90. The predicted molar refractivity (Wildman–Crippen MR) is 62.9 cm³/mol. The molecule has 2 nitrogen and oxygen atoms in total. The van der Waals surface area contributed by atoms with Gasteiger partial charge < -0.3 is 0 Å². The van der Waals surface area contributed by atoms with Crippen molar-refractivity contribution >= 4 is 20.1 Å². The zero-order chi connectivity index (χ0) is 8.97. The van der Waals surface area contributed by atoms with Crippen LogP contribution in [0.1, 0.15) is 13.3 Å². The van der Waals surface area contributed by atoms with Crippen LogP contribution in [0.3, 0.4) is 0 Å². The van der Waals surface area contributed by atoms with E-state index in [2.05, 4.69) is 23.1 Å². The van der Waals surface area contributed by atoms with Crippen LogP contribution in [0.15, 0.2) is 34.2 Å². The average Bonchev–Trinajstić information content (AvgIpc) is 2.90. The van der Waals surface area contributed by atoms with E-state index in [0.29, 0.717) is 0 Å². The number of alkyl halides is 1. The van der Waals surface area contributed by atoms with Gasteiger partial charge in [0, 0.05) is 0 Å². The molecule has 0 radical (unpaired) electrons. The van der Waals surface area contributed by atoms with Crippen molar-refractivity contribution in [3.05, 3.63) is 34.2 Å². The van der Waals surface area contributed by atoms with Gasteiger partial charge in [-0.25, -0.2) is 0 Å². The number of hydrogen-bond donors (Lipinski definition) is 2. The van der Waals surface area contributed by atoms with Crippen molar-refractivity contribution in [3.63, 3.8) is 0 Å². The maximum absolute atomic E-state index is 5.42. The van der Waals surface area contributed by atoms with Gasteiger partial charge in [0.05, 0.1) is 0 Å². The van der Waals surface area contributed by atoms with E-state index in [1.807, 2.05) is 0 Å². The number of nitrogens with two attached hydrogens (primary N) is 1. The van der Waals surface area contributed by atoms with Gasteiger partial charge in [-0.05, 0) is 0 Å². The molecule has 1 rings (SSSR count). The molecule has 0 amide bonds. The van der Waals surface area contributed by atoms with Gasteiger partial charge in [0.25, 0.3) is 0 Å². The molecule has 0 saturated carbocycles. The third-order valence-electron chi connectivity index (χ3n) is 1.54. The molecule has 1 aliphatic rings. The van der Waals surface area contributed by atoms with Gasteiger partial charge >= 0.3 is 81.3 Å². The Labute approximate surface area is 81.3 Å². The van der Waals surface area contributed by atoms with Crippen LogP contribution in [-0.2, 0) is 0 Å². The summed E-state index contributed by atoms with van der Waals surface area (Å²) in [5.41, 5.74) is 6.40. The van der Waals surface area contributed by atoms with Gasteiger partial charge in [-0.15, -0.1) is 0 Å². The van der Waals surface area contributed by atoms with Crippen LogP contribution in [0.25, 0.3) is 0 Å². The van der Waals surface area contributed by atoms with E-state index in [-0.39, 0.29) is 0 Å². The van der Waals surface area contributed by atoms with Crippen LogP contribution < -0.4 is 9.26 Å². The van der Waals surface area contributed by atoms with E-state index in [9.17, 15) is 0 Å². The molecule has 1 aliphatic carbocycles. The van der Waals surface area contributed by atoms with Crippen molar-refractivity contribution < 1.29 is 0 Å². The minimum atomic E-state index is -1.05. The molecule has 0 atom stereocenters. The first-order valence-corrected chi connectivity index (χ1v) is 7.65. The van der Waals surface area contributed by atoms with E-state index in [1.165, 1.54) is 10.8 Å². The molecule has 0 aliphatic heterocycles. The van der Waals surface area contributed by atoms with E-state index in [1.54, 1.807) is 15.9 Å². The monoisotopic (exact) mass is 278 g/mol. The fraction of sp³-hybridized carbons (Fsp3) is 0.333. The topological polar surface area (TPSA) is 38.0 Å². The number of hydrogen-bond acceptors (Lipinski definition) is 2. The summed E-state index contributed by atoms with van der Waals surface area (Å²) in [5, 5.41) is 0. The van der Waals surface area contributed by atoms with Gasteiger partial charge in [-0.3, -0.25) is 0 Å². The fourth-order valence-electron chi connectivity index (χ4n) is 0.794. The van der Waals surface area contributed by atoms with Gasteiger partial charge in [-0.1, -0.05) is 0 Å². The van der Waals surface area contributed by atoms with E-state index in [4.69, 9.17) is 5.73 Å². The molecule has 3 heteroatoms. The summed E-state index contributed by atoms with van der Waals surface area (Å²) in [5.74, 6) is 0. The Morgan fingerprint density at radius 3 is 2.92 bits per heavy atom. The number of rotatable bonds is 5. The van der Waals surface area contributed by atoms with Crippen LogP contribution in [0.5, 0.6) is 0 Å². The summed E-state index contributed by atoms with van der Waals surface area (Å²) in [4.78, 5) is 0. The van der Waals surface area contributed by atoms with Crippen molar-refractivity contribution in [1.29, 1.82) is 0 Å². The molecular formula is C9H15IN2. The molecule has 0 heterocycles. The molecular weight excluding hydrogens is 263 g/mol. The van der Waals surface area contributed by atoms with Crippen LogP contribution in [0.2, 0.25) is 0 Å². The quantitative estimate of drug-likeness (QED) is 0.350. The predicted octanol–water partition coefficient (Wildman–Crippen LogP) is 2.29. The maximum atomic E-state index is 5.42. The molecule has 0 fully saturated rings. The molecule has 0 unspecified atom stereocenters. The number of nitrogens with one attached hydrogen (secondary N) is 1. The molecule has 68 valence electrons. The van der Waals surface area contributed by atoms with Crippen LogP contribution in [0.4, 0.5) is 0 Å². The molecule has 0 saturated heterocycles. The summed E-state index contributed by atoms with van der Waals surface area (Å²) in [6.45, 7) is 5.92. The molecule has 0 bridgehead atoms. The first-order chi connectivity index (χ1) is 5.81. The van der Waals surface area contributed by atoms with Crippen molar-refractivity contribution in [3.8, 4) is 0 Å². The zero-order valence-corrected chi connectivity index (χ0v) is 9.47. The molecule has 12 heavy (non-hydrogen) atoms. The van der Waals surface area contributed by atoms with E-state index in [0.717, 1.165) is 5.70 Å². The Morgan fingerprint density at radius 2 is 2.58 bits per heavy atom. The first-order valence-electron chi connectivity index (χ1n) is 3.97. The Hall–Kier alpha value is -0.450. The number of allylic oxidation sites excluding steroid dienone is 3. The van der Waals surface area contributed by atoms with Crippen molar-refractivity contribution in [1.82, 2.24) is 3.53 Å². The number of halogens is 1. The second-order valence-corrected chi connectivity index (χ2v) is 7.92. The molecule has 3 N–H and O–H groups in total. The summed E-state index contributed by atoms with van der Waals surface area (Å²) in [6, 6.07) is 0. The van der Waals surface area contributed by atoms with Gasteiger partial charge in [0.15, 0.2) is 0 Å². The van der Waals surface area contributed by atoms with Crippen molar-refractivity contribution in [2.24, 2.45) is 5.73 Å². The minimum absolute atomic E-state index is 0.981. The van der Waals surface area contributed by atoms with Gasteiger partial charge in [0.2, 0.25) is 0 Å². The Kier molecular flexibility index (Phi) is 3.65. The van der Waals surface area contributed by atoms with Crippen LogP contribution in [-0.4, -0.2) is 4.43 Å². The normalized spacial score (nSPS) is 16.6. The van der Waals surface area contributed by atoms with E-state index >= 15 is 0 Å². The molecule has 0 aromatic rings. The Morgan fingerprint density at radius 1 is 1.92 bits per heavy atom. The summed E-state index contributed by atoms with van der Waals surface area (Å²) in [7, 11) is 0. The van der Waals surface area contributed by atoms with Gasteiger partial charge in [0.1, 0.15) is 0 Å². The van der Waals surface area contributed by atoms with Crippen molar-refractivity contribution in [2.45, 2.75) is 13.3 Å².